The molecule has 0 spiro atoms. The summed E-state index contributed by atoms with van der Waals surface area (Å²) in [7, 11) is 0. The van der Waals surface area contributed by atoms with E-state index in [-0.39, 0.29) is 11.7 Å². The first kappa shape index (κ1) is 13.4. The van der Waals surface area contributed by atoms with Gasteiger partial charge in [0, 0.05) is 20.8 Å². The van der Waals surface area contributed by atoms with Crippen LogP contribution in [0.4, 0.5) is 0 Å². The van der Waals surface area contributed by atoms with E-state index in [2.05, 4.69) is 15.9 Å². The molecule has 3 nitrogen and oxygen atoms in total. The Bertz CT molecular complexity index is 717. The van der Waals surface area contributed by atoms with Crippen molar-refractivity contribution in [3.63, 3.8) is 0 Å². The van der Waals surface area contributed by atoms with Gasteiger partial charge in [-0.15, -0.1) is 0 Å². The Hall–Kier alpha value is -1.55. The van der Waals surface area contributed by atoms with Gasteiger partial charge >= 0.3 is 5.97 Å². The SMILES string of the molecule is CCC1(CC)OC(=O)c2c1cc(O)c1ccc(Br)cc21. The predicted octanol–water partition coefficient (Wildman–Crippen LogP) is 4.49. The van der Waals surface area contributed by atoms with Gasteiger partial charge in [0.1, 0.15) is 11.4 Å². The highest BCUT2D eigenvalue weighted by Crippen LogP contribution is 2.47. The summed E-state index contributed by atoms with van der Waals surface area (Å²) in [5.41, 5.74) is 0.777. The molecule has 0 aliphatic carbocycles. The Morgan fingerprint density at radius 1 is 1.20 bits per heavy atom. The van der Waals surface area contributed by atoms with Crippen LogP contribution in [0.15, 0.2) is 28.7 Å². The number of ether oxygens (including phenoxy) is 1. The zero-order valence-electron chi connectivity index (χ0n) is 11.4. The lowest BCUT2D eigenvalue weighted by atomic mass is 9.85. The molecule has 0 bridgehead atoms. The van der Waals surface area contributed by atoms with Gasteiger partial charge in [0.15, 0.2) is 0 Å². The van der Waals surface area contributed by atoms with E-state index >= 15 is 0 Å². The first-order chi connectivity index (χ1) is 9.52. The van der Waals surface area contributed by atoms with Crippen LogP contribution in [0.2, 0.25) is 0 Å². The topological polar surface area (TPSA) is 46.5 Å². The summed E-state index contributed by atoms with van der Waals surface area (Å²) in [6.45, 7) is 3.99. The normalized spacial score (nSPS) is 16.2. The van der Waals surface area contributed by atoms with E-state index < -0.39 is 5.60 Å². The van der Waals surface area contributed by atoms with Crippen molar-refractivity contribution in [1.29, 1.82) is 0 Å². The average Bonchev–Trinajstić information content (AvgIpc) is 2.72. The zero-order chi connectivity index (χ0) is 14.5. The van der Waals surface area contributed by atoms with Crippen molar-refractivity contribution in [3.8, 4) is 5.75 Å². The molecule has 1 aliphatic rings. The molecule has 3 rings (SSSR count). The number of hydrogen-bond acceptors (Lipinski definition) is 3. The highest BCUT2D eigenvalue weighted by molar-refractivity contribution is 9.10. The van der Waals surface area contributed by atoms with Gasteiger partial charge in [0.25, 0.3) is 0 Å². The fourth-order valence-electron chi connectivity index (χ4n) is 3.02. The van der Waals surface area contributed by atoms with Crippen molar-refractivity contribution in [1.82, 2.24) is 0 Å². The third-order valence-corrected chi connectivity index (χ3v) is 4.70. The summed E-state index contributed by atoms with van der Waals surface area (Å²) in [6, 6.07) is 7.20. The standard InChI is InChI=1S/C16H15BrO3/c1-3-16(4-2)12-8-13(18)10-6-5-9(17)7-11(10)14(12)15(19)20-16/h5-8,18H,3-4H2,1-2H3. The minimum Gasteiger partial charge on any atom is -0.507 e. The van der Waals surface area contributed by atoms with Crippen LogP contribution in [0, 0.1) is 0 Å². The molecule has 104 valence electrons. The van der Waals surface area contributed by atoms with E-state index in [1.807, 2.05) is 26.0 Å². The Morgan fingerprint density at radius 3 is 2.55 bits per heavy atom. The molecule has 20 heavy (non-hydrogen) atoms. The molecule has 0 saturated carbocycles. The second-order valence-corrected chi connectivity index (χ2v) is 6.01. The van der Waals surface area contributed by atoms with Crippen molar-refractivity contribution < 1.29 is 14.6 Å². The number of rotatable bonds is 2. The number of benzene rings is 2. The maximum atomic E-state index is 12.3. The molecule has 4 heteroatoms. The number of phenols is 1. The maximum Gasteiger partial charge on any atom is 0.340 e. The number of carbonyl (C=O) groups excluding carboxylic acids is 1. The lowest BCUT2D eigenvalue weighted by Gasteiger charge is -2.26. The fourth-order valence-corrected chi connectivity index (χ4v) is 3.38. The van der Waals surface area contributed by atoms with Crippen molar-refractivity contribution in [3.05, 3.63) is 39.9 Å². The van der Waals surface area contributed by atoms with Crippen LogP contribution in [0.5, 0.6) is 5.75 Å². The van der Waals surface area contributed by atoms with Crippen LogP contribution in [0.1, 0.15) is 42.6 Å². The van der Waals surface area contributed by atoms with E-state index in [0.29, 0.717) is 23.8 Å². The van der Waals surface area contributed by atoms with Gasteiger partial charge < -0.3 is 9.84 Å². The van der Waals surface area contributed by atoms with Crippen LogP contribution in [-0.4, -0.2) is 11.1 Å². The van der Waals surface area contributed by atoms with Crippen LogP contribution < -0.4 is 0 Å². The van der Waals surface area contributed by atoms with Crippen LogP contribution >= 0.6 is 15.9 Å². The van der Waals surface area contributed by atoms with Gasteiger partial charge in [-0.25, -0.2) is 4.79 Å². The van der Waals surface area contributed by atoms with Crippen molar-refractivity contribution in [2.75, 3.05) is 0 Å². The van der Waals surface area contributed by atoms with Gasteiger partial charge in [-0.3, -0.25) is 0 Å². The molecule has 0 saturated heterocycles. The Balaban J connectivity index is 2.43. The number of halogens is 1. The minimum absolute atomic E-state index is 0.191. The summed E-state index contributed by atoms with van der Waals surface area (Å²) in [5.74, 6) is -0.109. The van der Waals surface area contributed by atoms with Crippen LogP contribution in [-0.2, 0) is 10.3 Å². The molecule has 0 fully saturated rings. The second kappa shape index (κ2) is 4.48. The van der Waals surface area contributed by atoms with E-state index in [1.54, 1.807) is 12.1 Å². The molecule has 2 aromatic rings. The Morgan fingerprint density at radius 2 is 1.90 bits per heavy atom. The lowest BCUT2D eigenvalue weighted by Crippen LogP contribution is -2.23. The molecule has 1 aliphatic heterocycles. The number of aromatic hydroxyl groups is 1. The predicted molar refractivity (Wildman–Crippen MR) is 81.0 cm³/mol. The molecule has 1 heterocycles. The molecular formula is C16H15BrO3. The zero-order valence-corrected chi connectivity index (χ0v) is 13.0. The highest BCUT2D eigenvalue weighted by Gasteiger charge is 2.44. The summed E-state index contributed by atoms with van der Waals surface area (Å²) >= 11 is 3.41. The number of carbonyl (C=O) groups is 1. The number of cyclic esters (lactones) is 1. The third-order valence-electron chi connectivity index (χ3n) is 4.20. The summed E-state index contributed by atoms with van der Waals surface area (Å²) in [5, 5.41) is 11.7. The summed E-state index contributed by atoms with van der Waals surface area (Å²) in [6.07, 6.45) is 1.39. The monoisotopic (exact) mass is 334 g/mol. The Kier molecular flexibility index (Phi) is 3.01. The molecule has 0 amide bonds. The van der Waals surface area contributed by atoms with Crippen molar-refractivity contribution >= 4 is 32.7 Å². The van der Waals surface area contributed by atoms with Crippen molar-refractivity contribution in [2.24, 2.45) is 0 Å². The maximum absolute atomic E-state index is 12.3. The molecule has 1 N–H and O–H groups in total. The van der Waals surface area contributed by atoms with Gasteiger partial charge in [-0.2, -0.15) is 0 Å². The van der Waals surface area contributed by atoms with Crippen molar-refractivity contribution in [2.45, 2.75) is 32.3 Å². The third kappa shape index (κ3) is 1.67. The number of phenolic OH excluding ortho intramolecular Hbond substituents is 1. The summed E-state index contributed by atoms with van der Waals surface area (Å²) in [4.78, 5) is 12.3. The van der Waals surface area contributed by atoms with E-state index in [9.17, 15) is 9.90 Å². The van der Waals surface area contributed by atoms with E-state index in [0.717, 1.165) is 15.4 Å². The van der Waals surface area contributed by atoms with Gasteiger partial charge in [-0.1, -0.05) is 29.8 Å². The van der Waals surface area contributed by atoms with Crippen LogP contribution in [0.25, 0.3) is 10.8 Å². The number of fused-ring (bicyclic) bond motifs is 3. The largest absolute Gasteiger partial charge is 0.507 e. The molecule has 0 atom stereocenters. The molecule has 2 aromatic carbocycles. The van der Waals surface area contributed by atoms with Crippen LogP contribution in [0.3, 0.4) is 0 Å². The number of hydrogen-bond donors (Lipinski definition) is 1. The van der Waals surface area contributed by atoms with Gasteiger partial charge in [0.2, 0.25) is 0 Å². The molecule has 0 aromatic heterocycles. The summed E-state index contributed by atoms with van der Waals surface area (Å²) < 4.78 is 6.53. The first-order valence-corrected chi connectivity index (χ1v) is 7.50. The van der Waals surface area contributed by atoms with Gasteiger partial charge in [-0.05, 0) is 37.1 Å². The fraction of sp³-hybridized carbons (Fsp3) is 0.312. The van der Waals surface area contributed by atoms with Gasteiger partial charge in [0.05, 0.1) is 5.56 Å². The van der Waals surface area contributed by atoms with E-state index in [4.69, 9.17) is 4.74 Å². The highest BCUT2D eigenvalue weighted by atomic mass is 79.9. The van der Waals surface area contributed by atoms with E-state index in [1.165, 1.54) is 0 Å². The smallest absolute Gasteiger partial charge is 0.340 e. The quantitative estimate of drug-likeness (QED) is 0.823. The Labute approximate surface area is 125 Å². The second-order valence-electron chi connectivity index (χ2n) is 5.10. The molecule has 0 unspecified atom stereocenters. The average molecular weight is 335 g/mol. The molecule has 0 radical (unpaired) electrons. The number of esters is 1. The first-order valence-electron chi connectivity index (χ1n) is 6.71. The minimum atomic E-state index is -0.611. The molecular weight excluding hydrogens is 320 g/mol. The lowest BCUT2D eigenvalue weighted by molar-refractivity contribution is -0.0126.